The van der Waals surface area contributed by atoms with Gasteiger partial charge in [-0.15, -0.1) is 0 Å². The number of carbonyl (C=O) groups excluding carboxylic acids is 1. The minimum atomic E-state index is -5.99. The fraction of sp³-hybridized carbons (Fsp3) is 0.929. The molecule has 0 bridgehead atoms. The lowest BCUT2D eigenvalue weighted by molar-refractivity contribution is -0.893. The summed E-state index contributed by atoms with van der Waals surface area (Å²) in [4.78, 5) is 12.3. The first kappa shape index (κ1) is 30.0. The van der Waals surface area contributed by atoms with Crippen molar-refractivity contribution in [1.82, 2.24) is 10.2 Å². The molecule has 176 valence electrons. The van der Waals surface area contributed by atoms with Crippen molar-refractivity contribution in [2.24, 2.45) is 0 Å². The van der Waals surface area contributed by atoms with E-state index in [0.29, 0.717) is 0 Å². The van der Waals surface area contributed by atoms with Gasteiger partial charge in [-0.3, -0.25) is 9.69 Å². The van der Waals surface area contributed by atoms with Gasteiger partial charge in [-0.25, -0.2) is 12.8 Å². The van der Waals surface area contributed by atoms with Crippen LogP contribution in [0.5, 0.6) is 0 Å². The lowest BCUT2D eigenvalue weighted by atomic mass is 10.2. The van der Waals surface area contributed by atoms with E-state index in [9.17, 15) is 49.2 Å². The monoisotopic (exact) mass is 463 g/mol. The van der Waals surface area contributed by atoms with E-state index in [2.05, 4.69) is 0 Å². The number of nitrogens with zero attached hydrogens (tertiary/aromatic N) is 2. The van der Waals surface area contributed by atoms with Crippen molar-refractivity contribution in [3.63, 3.8) is 0 Å². The van der Waals surface area contributed by atoms with Gasteiger partial charge in [0.15, 0.2) is 0 Å². The van der Waals surface area contributed by atoms with Gasteiger partial charge in [-0.1, -0.05) is 0 Å². The van der Waals surface area contributed by atoms with Crippen molar-refractivity contribution < 1.29 is 53.7 Å². The molecular weight excluding hydrogens is 436 g/mol. The van der Waals surface area contributed by atoms with Gasteiger partial charge < -0.3 is 19.5 Å². The minimum absolute atomic E-state index is 0.0104. The topological polar surface area (TPSA) is 110 Å². The van der Waals surface area contributed by atoms with Crippen molar-refractivity contribution in [2.45, 2.75) is 24.6 Å². The van der Waals surface area contributed by atoms with Crippen LogP contribution in [0.3, 0.4) is 0 Å². The van der Waals surface area contributed by atoms with Gasteiger partial charge in [-0.05, 0) is 14.1 Å². The molecule has 0 aromatic heterocycles. The zero-order chi connectivity index (χ0) is 23.7. The van der Waals surface area contributed by atoms with Gasteiger partial charge in [-0.2, -0.15) is 22.0 Å². The largest absolute Gasteiger partial charge is 0.748 e. The van der Waals surface area contributed by atoms with Crippen LogP contribution in [0.15, 0.2) is 0 Å². The molecule has 0 aliphatic rings. The summed E-state index contributed by atoms with van der Waals surface area (Å²) in [5.41, 5.74) is 0. The Hall–Kier alpha value is -1.16. The van der Waals surface area contributed by atoms with Gasteiger partial charge >= 0.3 is 12.1 Å². The van der Waals surface area contributed by atoms with Crippen LogP contribution in [0, 0.1) is 0 Å². The molecule has 0 aliphatic heterocycles. The summed E-state index contributed by atoms with van der Waals surface area (Å²) in [6.07, 6.45) is -7.45. The summed E-state index contributed by atoms with van der Waals surface area (Å²) in [6.45, 7) is -0.871. The number of hydrogen-bond donors (Lipinski definition) is 2. The Morgan fingerprint density at radius 1 is 1.21 bits per heavy atom. The molecule has 0 radical (unpaired) electrons. The van der Waals surface area contributed by atoms with E-state index >= 15 is 0 Å². The second-order valence-electron chi connectivity index (χ2n) is 7.10. The van der Waals surface area contributed by atoms with E-state index in [-0.39, 0.29) is 30.8 Å². The van der Waals surface area contributed by atoms with E-state index in [1.54, 1.807) is 14.1 Å². The highest BCUT2D eigenvalue weighted by Crippen LogP contribution is 2.35. The van der Waals surface area contributed by atoms with E-state index in [0.717, 1.165) is 0 Å². The molecule has 0 spiro atoms. The fourth-order valence-electron chi connectivity index (χ4n) is 1.90. The maximum atomic E-state index is 12.7. The highest BCUT2D eigenvalue weighted by molar-refractivity contribution is 7.85. The van der Waals surface area contributed by atoms with E-state index in [4.69, 9.17) is 0 Å². The maximum Gasteiger partial charge on any atom is 0.463 e. The molecular formula is C14H27F6N3O5S. The van der Waals surface area contributed by atoms with Gasteiger partial charge in [0.1, 0.15) is 19.4 Å². The molecule has 0 heterocycles. The SMILES string of the molecule is CN(C)CF.C[N+](C)(CCCNC(=O)C(F)(F)C(F)(F)F)CC(O)CS(=O)(=O)[O-]. The maximum absolute atomic E-state index is 12.7. The standard InChI is InChI=1S/C11H19F5N2O5S.C3H8FN/c1-18(2,6-8(19)7-24(21,22)23)5-3-4-17-9(20)10(12,13)11(14,15)16;1-5(2)3-4/h8,19H,3-7H2,1-2H3,(H-,17,20,21,22,23);3H2,1-2H3. The number of likely N-dealkylation sites (N-methyl/N-ethyl adjacent to an activating group) is 1. The van der Waals surface area contributed by atoms with Crippen LogP contribution in [0.25, 0.3) is 0 Å². The Labute approximate surface area is 165 Å². The Kier molecular flexibility index (Phi) is 12.3. The molecule has 15 heteroatoms. The first-order chi connectivity index (χ1) is 12.7. The van der Waals surface area contributed by atoms with E-state index in [1.165, 1.54) is 24.3 Å². The number of hydrogen-bond acceptors (Lipinski definition) is 6. The average molecular weight is 463 g/mol. The summed E-state index contributed by atoms with van der Waals surface area (Å²) >= 11 is 0. The number of quaternary nitrogens is 1. The Bertz CT molecular complexity index is 599. The third-order valence-corrected chi connectivity index (χ3v) is 4.00. The predicted molar refractivity (Wildman–Crippen MR) is 90.7 cm³/mol. The third kappa shape index (κ3) is 14.5. The molecule has 1 atom stereocenters. The number of carbonyl (C=O) groups is 1. The van der Waals surface area contributed by atoms with Gasteiger partial charge in [0, 0.05) is 13.0 Å². The summed E-state index contributed by atoms with van der Waals surface area (Å²) in [5.74, 6) is -8.95. The van der Waals surface area contributed by atoms with Crippen LogP contribution in [0.4, 0.5) is 26.3 Å². The third-order valence-electron chi connectivity index (χ3n) is 3.21. The first-order valence-corrected chi connectivity index (χ1v) is 9.70. The highest BCUT2D eigenvalue weighted by atomic mass is 32.2. The van der Waals surface area contributed by atoms with Crippen molar-refractivity contribution in [3.05, 3.63) is 0 Å². The van der Waals surface area contributed by atoms with Crippen molar-refractivity contribution >= 4 is 16.0 Å². The second kappa shape index (κ2) is 11.9. The van der Waals surface area contributed by atoms with Gasteiger partial charge in [0.25, 0.3) is 5.91 Å². The van der Waals surface area contributed by atoms with E-state index < -0.39 is 46.5 Å². The predicted octanol–water partition coefficient (Wildman–Crippen LogP) is 0.148. The van der Waals surface area contributed by atoms with Crippen molar-refractivity contribution in [1.29, 1.82) is 0 Å². The molecule has 0 aliphatic carbocycles. The zero-order valence-corrected chi connectivity index (χ0v) is 17.3. The zero-order valence-electron chi connectivity index (χ0n) is 16.5. The Balaban J connectivity index is 0. The number of nitrogens with one attached hydrogen (secondary N) is 1. The molecule has 2 N–H and O–H groups in total. The smallest absolute Gasteiger partial charge is 0.463 e. The molecule has 0 aromatic rings. The van der Waals surface area contributed by atoms with Gasteiger partial charge in [0.05, 0.1) is 36.5 Å². The second-order valence-corrected chi connectivity index (χ2v) is 8.55. The van der Waals surface area contributed by atoms with Crippen LogP contribution < -0.4 is 5.32 Å². The molecule has 8 nitrogen and oxygen atoms in total. The molecule has 1 amide bonds. The van der Waals surface area contributed by atoms with Crippen LogP contribution in [0.2, 0.25) is 0 Å². The lowest BCUT2D eigenvalue weighted by Gasteiger charge is -2.32. The highest BCUT2D eigenvalue weighted by Gasteiger charge is 2.63. The molecule has 0 rings (SSSR count). The lowest BCUT2D eigenvalue weighted by Crippen LogP contribution is -2.51. The molecule has 0 saturated carbocycles. The summed E-state index contributed by atoms with van der Waals surface area (Å²) in [6, 6.07) is 0. The quantitative estimate of drug-likeness (QED) is 0.157. The molecule has 0 saturated heterocycles. The number of aliphatic hydroxyl groups excluding tert-OH is 1. The molecule has 1 unspecified atom stereocenters. The summed E-state index contributed by atoms with van der Waals surface area (Å²) < 4.78 is 104. The van der Waals surface area contributed by atoms with Crippen LogP contribution in [-0.4, -0.2) is 112 Å². The molecule has 0 fully saturated rings. The van der Waals surface area contributed by atoms with Crippen LogP contribution >= 0.6 is 0 Å². The van der Waals surface area contributed by atoms with Gasteiger partial charge in [0.2, 0.25) is 0 Å². The number of alkyl halides is 6. The molecule has 0 aromatic carbocycles. The van der Waals surface area contributed by atoms with Crippen molar-refractivity contribution in [3.8, 4) is 0 Å². The summed E-state index contributed by atoms with van der Waals surface area (Å²) in [7, 11) is 1.78. The number of aliphatic hydroxyl groups is 1. The number of halogens is 6. The first-order valence-electron chi connectivity index (χ1n) is 8.12. The fourth-order valence-corrected chi connectivity index (χ4v) is 2.48. The normalized spacial score (nSPS) is 14.2. The Morgan fingerprint density at radius 2 is 1.66 bits per heavy atom. The Morgan fingerprint density at radius 3 is 2.00 bits per heavy atom. The molecule has 29 heavy (non-hydrogen) atoms. The average Bonchev–Trinajstić information content (AvgIpc) is 2.48. The minimum Gasteiger partial charge on any atom is -0.748 e. The van der Waals surface area contributed by atoms with Crippen molar-refractivity contribution in [2.75, 3.05) is 60.4 Å². The van der Waals surface area contributed by atoms with E-state index in [1.807, 2.05) is 0 Å². The summed E-state index contributed by atoms with van der Waals surface area (Å²) in [5, 5.41) is 10.9. The number of amides is 1. The number of rotatable bonds is 10. The van der Waals surface area contributed by atoms with Crippen LogP contribution in [-0.2, 0) is 14.9 Å². The van der Waals surface area contributed by atoms with Crippen LogP contribution in [0.1, 0.15) is 6.42 Å².